The summed E-state index contributed by atoms with van der Waals surface area (Å²) in [5.74, 6) is 0.929. The van der Waals surface area contributed by atoms with Crippen LogP contribution in [0.4, 0.5) is 5.69 Å². The zero-order valence-electron chi connectivity index (χ0n) is 11.6. The number of H-pyrrole nitrogens is 1. The fourth-order valence-electron chi connectivity index (χ4n) is 1.66. The summed E-state index contributed by atoms with van der Waals surface area (Å²) in [6, 6.07) is 7.75. The predicted molar refractivity (Wildman–Crippen MR) is 74.4 cm³/mol. The quantitative estimate of drug-likeness (QED) is 0.920. The number of amides is 1. The summed E-state index contributed by atoms with van der Waals surface area (Å²) in [6.45, 7) is 6.01. The van der Waals surface area contributed by atoms with Crippen molar-refractivity contribution < 1.29 is 4.79 Å². The number of carbonyl (C=O) groups is 1. The van der Waals surface area contributed by atoms with Gasteiger partial charge in [-0.2, -0.15) is 0 Å². The van der Waals surface area contributed by atoms with Crippen molar-refractivity contribution in [1.29, 1.82) is 0 Å². The largest absolute Gasteiger partial charge is 0.309 e. The van der Waals surface area contributed by atoms with Gasteiger partial charge in [0.1, 0.15) is 5.82 Å². The average molecular weight is 258 g/mol. The van der Waals surface area contributed by atoms with Crippen LogP contribution >= 0.6 is 0 Å². The summed E-state index contributed by atoms with van der Waals surface area (Å²) < 4.78 is 0. The van der Waals surface area contributed by atoms with Crippen LogP contribution in [0.3, 0.4) is 0 Å². The minimum absolute atomic E-state index is 0.201. The Balaban J connectivity index is 2.20. The van der Waals surface area contributed by atoms with E-state index in [-0.39, 0.29) is 17.6 Å². The number of benzene rings is 1. The van der Waals surface area contributed by atoms with Gasteiger partial charge in [-0.3, -0.25) is 9.89 Å². The van der Waals surface area contributed by atoms with E-state index in [1.165, 1.54) is 0 Å². The first-order valence-electron chi connectivity index (χ1n) is 6.26. The number of nitrogens with zero attached hydrogens (tertiary/aromatic N) is 3. The van der Waals surface area contributed by atoms with Gasteiger partial charge in [-0.15, -0.1) is 5.10 Å². The second kappa shape index (κ2) is 5.22. The monoisotopic (exact) mass is 258 g/mol. The first-order chi connectivity index (χ1) is 8.99. The predicted octanol–water partition coefficient (Wildman–Crippen LogP) is 2.51. The van der Waals surface area contributed by atoms with Crippen LogP contribution in [-0.4, -0.2) is 28.1 Å². The van der Waals surface area contributed by atoms with Crippen molar-refractivity contribution in [3.8, 4) is 0 Å². The van der Waals surface area contributed by atoms with E-state index in [0.717, 1.165) is 17.1 Å². The van der Waals surface area contributed by atoms with Crippen molar-refractivity contribution in [2.24, 2.45) is 0 Å². The zero-order chi connectivity index (χ0) is 14.0. The number of hydrogen-bond donors (Lipinski definition) is 1. The van der Waals surface area contributed by atoms with Gasteiger partial charge in [-0.05, 0) is 19.1 Å². The van der Waals surface area contributed by atoms with Crippen molar-refractivity contribution in [3.63, 3.8) is 0 Å². The molecule has 0 bridgehead atoms. The van der Waals surface area contributed by atoms with E-state index in [4.69, 9.17) is 0 Å². The molecule has 0 saturated heterocycles. The van der Waals surface area contributed by atoms with Crippen LogP contribution in [0, 0.1) is 6.92 Å². The SMILES string of the molecule is Cc1ccc(N(C)C(=O)c2n[nH]c(C(C)C)n2)cc1. The van der Waals surface area contributed by atoms with Crippen LogP contribution in [0.1, 0.15) is 41.8 Å². The van der Waals surface area contributed by atoms with Gasteiger partial charge in [0.05, 0.1) is 0 Å². The summed E-state index contributed by atoms with van der Waals surface area (Å²) in [5.41, 5.74) is 1.98. The van der Waals surface area contributed by atoms with Crippen LogP contribution in [-0.2, 0) is 0 Å². The van der Waals surface area contributed by atoms with Gasteiger partial charge in [0.2, 0.25) is 5.82 Å². The summed E-state index contributed by atoms with van der Waals surface area (Å²) in [7, 11) is 1.72. The summed E-state index contributed by atoms with van der Waals surface area (Å²) in [5, 5.41) is 6.77. The fourth-order valence-corrected chi connectivity index (χ4v) is 1.66. The van der Waals surface area contributed by atoms with E-state index >= 15 is 0 Å². The lowest BCUT2D eigenvalue weighted by Crippen LogP contribution is -2.27. The Morgan fingerprint density at radius 3 is 2.42 bits per heavy atom. The van der Waals surface area contributed by atoms with Gasteiger partial charge in [0.15, 0.2) is 0 Å². The minimum Gasteiger partial charge on any atom is -0.309 e. The van der Waals surface area contributed by atoms with Crippen molar-refractivity contribution in [2.45, 2.75) is 26.7 Å². The number of anilines is 1. The summed E-state index contributed by atoms with van der Waals surface area (Å²) in [4.78, 5) is 18.0. The van der Waals surface area contributed by atoms with E-state index in [2.05, 4.69) is 15.2 Å². The molecule has 1 amide bonds. The molecule has 0 fully saturated rings. The third-order valence-electron chi connectivity index (χ3n) is 2.97. The Kier molecular flexibility index (Phi) is 3.64. The Morgan fingerprint density at radius 1 is 1.26 bits per heavy atom. The van der Waals surface area contributed by atoms with Crippen LogP contribution in [0.15, 0.2) is 24.3 Å². The molecule has 0 radical (unpaired) electrons. The van der Waals surface area contributed by atoms with Gasteiger partial charge in [-0.1, -0.05) is 31.5 Å². The molecule has 0 saturated carbocycles. The Labute approximate surface area is 112 Å². The molecule has 5 heteroatoms. The molecule has 1 aromatic heterocycles. The highest BCUT2D eigenvalue weighted by Crippen LogP contribution is 2.16. The molecule has 2 aromatic rings. The van der Waals surface area contributed by atoms with Gasteiger partial charge in [0, 0.05) is 18.7 Å². The van der Waals surface area contributed by atoms with Crippen molar-refractivity contribution >= 4 is 11.6 Å². The van der Waals surface area contributed by atoms with Crippen molar-refractivity contribution in [2.75, 3.05) is 11.9 Å². The third-order valence-corrected chi connectivity index (χ3v) is 2.97. The lowest BCUT2D eigenvalue weighted by Gasteiger charge is -2.15. The second-order valence-electron chi connectivity index (χ2n) is 4.90. The van der Waals surface area contributed by atoms with Gasteiger partial charge in [-0.25, -0.2) is 4.98 Å². The normalized spacial score (nSPS) is 10.8. The van der Waals surface area contributed by atoms with E-state index in [1.54, 1.807) is 11.9 Å². The molecule has 2 rings (SSSR count). The lowest BCUT2D eigenvalue weighted by molar-refractivity contribution is 0.0983. The first-order valence-corrected chi connectivity index (χ1v) is 6.26. The van der Waals surface area contributed by atoms with Gasteiger partial charge < -0.3 is 4.90 Å². The van der Waals surface area contributed by atoms with Crippen molar-refractivity contribution in [1.82, 2.24) is 15.2 Å². The van der Waals surface area contributed by atoms with Crippen LogP contribution in [0.5, 0.6) is 0 Å². The van der Waals surface area contributed by atoms with Gasteiger partial charge in [0.25, 0.3) is 5.91 Å². The molecule has 0 atom stereocenters. The average Bonchev–Trinajstić information content (AvgIpc) is 2.87. The molecule has 0 unspecified atom stereocenters. The molecule has 100 valence electrons. The fraction of sp³-hybridized carbons (Fsp3) is 0.357. The number of aromatic amines is 1. The molecule has 1 heterocycles. The topological polar surface area (TPSA) is 61.9 Å². The van der Waals surface area contributed by atoms with E-state index in [0.29, 0.717) is 0 Å². The molecular weight excluding hydrogens is 240 g/mol. The maximum absolute atomic E-state index is 12.2. The van der Waals surface area contributed by atoms with E-state index < -0.39 is 0 Å². The smallest absolute Gasteiger partial charge is 0.297 e. The highest BCUT2D eigenvalue weighted by Gasteiger charge is 2.19. The Bertz CT molecular complexity index is 571. The molecule has 0 aliphatic heterocycles. The standard InChI is InChI=1S/C14H18N4O/c1-9(2)12-15-13(17-16-12)14(19)18(4)11-7-5-10(3)6-8-11/h5-9H,1-4H3,(H,15,16,17). The van der Waals surface area contributed by atoms with Crippen LogP contribution in [0.25, 0.3) is 0 Å². The summed E-state index contributed by atoms with van der Waals surface area (Å²) >= 11 is 0. The van der Waals surface area contributed by atoms with E-state index in [1.807, 2.05) is 45.0 Å². The maximum atomic E-state index is 12.2. The highest BCUT2D eigenvalue weighted by atomic mass is 16.2. The van der Waals surface area contributed by atoms with E-state index in [9.17, 15) is 4.79 Å². The Morgan fingerprint density at radius 2 is 1.89 bits per heavy atom. The summed E-state index contributed by atoms with van der Waals surface area (Å²) in [6.07, 6.45) is 0. The number of carbonyl (C=O) groups excluding carboxylic acids is 1. The molecule has 1 N–H and O–H groups in total. The first kappa shape index (κ1) is 13.3. The maximum Gasteiger partial charge on any atom is 0.297 e. The number of aromatic nitrogens is 3. The van der Waals surface area contributed by atoms with Crippen molar-refractivity contribution in [3.05, 3.63) is 41.5 Å². The molecule has 5 nitrogen and oxygen atoms in total. The lowest BCUT2D eigenvalue weighted by atomic mass is 10.2. The Hall–Kier alpha value is -2.17. The molecule has 0 spiro atoms. The molecule has 0 aliphatic rings. The second-order valence-corrected chi connectivity index (χ2v) is 4.90. The number of rotatable bonds is 3. The van der Waals surface area contributed by atoms with Crippen LogP contribution < -0.4 is 4.90 Å². The highest BCUT2D eigenvalue weighted by molar-refractivity contribution is 6.03. The third kappa shape index (κ3) is 2.81. The minimum atomic E-state index is -0.216. The molecule has 19 heavy (non-hydrogen) atoms. The molecule has 0 aliphatic carbocycles. The molecule has 1 aromatic carbocycles. The number of nitrogens with one attached hydrogen (secondary N) is 1. The van der Waals surface area contributed by atoms with Crippen LogP contribution in [0.2, 0.25) is 0 Å². The molecular formula is C14H18N4O. The number of aryl methyl sites for hydroxylation is 1. The van der Waals surface area contributed by atoms with Gasteiger partial charge >= 0.3 is 0 Å². The zero-order valence-corrected chi connectivity index (χ0v) is 11.6. The number of hydrogen-bond acceptors (Lipinski definition) is 3.